The van der Waals surface area contributed by atoms with Crippen molar-refractivity contribution in [3.8, 4) is 6.07 Å². The molecule has 5 nitrogen and oxygen atoms in total. The third kappa shape index (κ3) is 3.14. The van der Waals surface area contributed by atoms with Gasteiger partial charge in [0.2, 0.25) is 0 Å². The van der Waals surface area contributed by atoms with Crippen molar-refractivity contribution in [1.82, 2.24) is 19.4 Å². The molecule has 4 rings (SSSR count). The Morgan fingerprint density at radius 1 is 1.24 bits per heavy atom. The number of nitriles is 1. The van der Waals surface area contributed by atoms with Crippen LogP contribution in [0.25, 0.3) is 5.65 Å². The number of hydrogen-bond donors (Lipinski definition) is 1. The number of aromatic amines is 1. The van der Waals surface area contributed by atoms with Crippen LogP contribution >= 0.6 is 11.8 Å². The van der Waals surface area contributed by atoms with Crippen molar-refractivity contribution in [2.75, 3.05) is 0 Å². The van der Waals surface area contributed by atoms with Gasteiger partial charge >= 0.3 is 0 Å². The molecule has 3 aromatic heterocycles. The summed E-state index contributed by atoms with van der Waals surface area (Å²) < 4.78 is 1.94. The largest absolute Gasteiger partial charge is 0.340 e. The lowest BCUT2D eigenvalue weighted by Crippen LogP contribution is -1.98. The van der Waals surface area contributed by atoms with Crippen LogP contribution in [0.5, 0.6) is 0 Å². The van der Waals surface area contributed by atoms with Crippen LogP contribution in [0.15, 0.2) is 66.3 Å². The highest BCUT2D eigenvalue weighted by Gasteiger charge is 2.20. The van der Waals surface area contributed by atoms with E-state index < -0.39 is 0 Å². The Bertz CT molecular complexity index is 1040. The first-order valence-electron chi connectivity index (χ1n) is 7.84. The Labute approximate surface area is 149 Å². The molecule has 0 bridgehead atoms. The van der Waals surface area contributed by atoms with Crippen LogP contribution in [-0.4, -0.2) is 19.4 Å². The summed E-state index contributed by atoms with van der Waals surface area (Å²) in [4.78, 5) is 12.2. The summed E-state index contributed by atoms with van der Waals surface area (Å²) in [5, 5.41) is 9.94. The summed E-state index contributed by atoms with van der Waals surface area (Å²) in [6, 6.07) is 14.2. The summed E-state index contributed by atoms with van der Waals surface area (Å²) in [5.74, 6) is 0. The Hall–Kier alpha value is -3.04. The Morgan fingerprint density at radius 3 is 2.80 bits per heavy atom. The zero-order valence-corrected chi connectivity index (χ0v) is 14.4. The number of hydrogen-bond acceptors (Lipinski definition) is 4. The number of aromatic nitrogens is 4. The second-order valence-corrected chi connectivity index (χ2v) is 6.86. The molecule has 0 radical (unpaired) electrons. The first-order chi connectivity index (χ1) is 12.2. The highest BCUT2D eigenvalue weighted by molar-refractivity contribution is 7.99. The average Bonchev–Trinajstić information content (AvgIpc) is 3.29. The van der Waals surface area contributed by atoms with Gasteiger partial charge in [0.25, 0.3) is 0 Å². The Morgan fingerprint density at radius 2 is 2.08 bits per heavy atom. The van der Waals surface area contributed by atoms with Crippen molar-refractivity contribution in [1.29, 1.82) is 5.26 Å². The SMILES string of the molecule is Cc1ccc(C(Sc2ncc[nH]2)c2cn3ccc(C#N)cc3n2)cc1. The molecule has 4 aromatic rings. The monoisotopic (exact) mass is 345 g/mol. The fourth-order valence-electron chi connectivity index (χ4n) is 2.66. The zero-order valence-electron chi connectivity index (χ0n) is 13.5. The van der Waals surface area contributed by atoms with Crippen LogP contribution in [0.3, 0.4) is 0 Å². The van der Waals surface area contributed by atoms with Gasteiger partial charge in [0.1, 0.15) is 5.65 Å². The van der Waals surface area contributed by atoms with Crippen molar-refractivity contribution in [3.05, 3.63) is 83.6 Å². The Kier molecular flexibility index (Phi) is 4.00. The molecule has 0 aliphatic carbocycles. The number of imidazole rings is 2. The molecule has 122 valence electrons. The second kappa shape index (κ2) is 6.46. The second-order valence-electron chi connectivity index (χ2n) is 5.76. The number of aryl methyl sites for hydroxylation is 1. The third-order valence-electron chi connectivity index (χ3n) is 3.96. The minimum Gasteiger partial charge on any atom is -0.340 e. The molecule has 1 unspecified atom stereocenters. The topological polar surface area (TPSA) is 69.8 Å². The van der Waals surface area contributed by atoms with Gasteiger partial charge < -0.3 is 9.38 Å². The summed E-state index contributed by atoms with van der Waals surface area (Å²) in [6.45, 7) is 2.08. The molecular weight excluding hydrogens is 330 g/mol. The van der Waals surface area contributed by atoms with Gasteiger partial charge in [0.05, 0.1) is 22.6 Å². The lowest BCUT2D eigenvalue weighted by molar-refractivity contribution is 1.02. The van der Waals surface area contributed by atoms with Gasteiger partial charge in [-0.1, -0.05) is 41.6 Å². The Balaban J connectivity index is 1.79. The first kappa shape index (κ1) is 15.5. The van der Waals surface area contributed by atoms with E-state index in [4.69, 9.17) is 10.2 Å². The number of pyridine rings is 1. The summed E-state index contributed by atoms with van der Waals surface area (Å²) in [6.07, 6.45) is 7.44. The molecule has 1 N–H and O–H groups in total. The molecular formula is C19H15N5S. The van der Waals surface area contributed by atoms with Gasteiger partial charge in [0.15, 0.2) is 5.16 Å². The van der Waals surface area contributed by atoms with Crippen LogP contribution in [0.2, 0.25) is 0 Å². The quantitative estimate of drug-likeness (QED) is 0.565. The minimum atomic E-state index is 0.0113. The summed E-state index contributed by atoms with van der Waals surface area (Å²) >= 11 is 1.63. The summed E-state index contributed by atoms with van der Waals surface area (Å²) in [5.41, 5.74) is 4.69. The highest BCUT2D eigenvalue weighted by atomic mass is 32.2. The number of nitrogens with one attached hydrogen (secondary N) is 1. The van der Waals surface area contributed by atoms with E-state index in [-0.39, 0.29) is 5.25 Å². The van der Waals surface area contributed by atoms with E-state index in [0.717, 1.165) is 22.1 Å². The van der Waals surface area contributed by atoms with E-state index in [1.54, 1.807) is 30.1 Å². The van der Waals surface area contributed by atoms with Gasteiger partial charge in [-0.05, 0) is 24.6 Å². The fourth-order valence-corrected chi connectivity index (χ4v) is 3.67. The minimum absolute atomic E-state index is 0.0113. The van der Waals surface area contributed by atoms with Crippen LogP contribution in [0.4, 0.5) is 0 Å². The molecule has 0 fully saturated rings. The van der Waals surface area contributed by atoms with E-state index in [9.17, 15) is 0 Å². The molecule has 0 saturated heterocycles. The maximum Gasteiger partial charge on any atom is 0.166 e. The molecule has 0 aliphatic rings. The standard InChI is InChI=1S/C19H15N5S/c1-13-2-4-15(5-3-13)18(25-19-21-7-8-22-19)16-12-24-9-6-14(11-20)10-17(24)23-16/h2-10,12,18H,1H3,(H,21,22). The molecule has 1 aromatic carbocycles. The van der Waals surface area contributed by atoms with Crippen LogP contribution in [0.1, 0.15) is 27.6 Å². The lowest BCUT2D eigenvalue weighted by atomic mass is 10.1. The number of thioether (sulfide) groups is 1. The fraction of sp³-hybridized carbons (Fsp3) is 0.105. The molecule has 3 heterocycles. The normalized spacial score (nSPS) is 12.2. The van der Waals surface area contributed by atoms with E-state index in [0.29, 0.717) is 5.56 Å². The highest BCUT2D eigenvalue weighted by Crippen LogP contribution is 2.38. The number of benzene rings is 1. The van der Waals surface area contributed by atoms with Gasteiger partial charge in [-0.25, -0.2) is 9.97 Å². The van der Waals surface area contributed by atoms with E-state index in [1.165, 1.54) is 5.56 Å². The molecule has 0 amide bonds. The predicted molar refractivity (Wildman–Crippen MR) is 97.4 cm³/mol. The average molecular weight is 345 g/mol. The molecule has 0 aliphatic heterocycles. The van der Waals surface area contributed by atoms with E-state index >= 15 is 0 Å². The van der Waals surface area contributed by atoms with Crippen LogP contribution in [0, 0.1) is 18.3 Å². The van der Waals surface area contributed by atoms with E-state index in [2.05, 4.69) is 47.2 Å². The van der Waals surface area contributed by atoms with E-state index in [1.807, 2.05) is 23.0 Å². The van der Waals surface area contributed by atoms with Gasteiger partial charge in [-0.3, -0.25) is 0 Å². The molecule has 6 heteroatoms. The van der Waals surface area contributed by atoms with Crippen molar-refractivity contribution < 1.29 is 0 Å². The predicted octanol–water partition coefficient (Wildman–Crippen LogP) is 4.12. The van der Waals surface area contributed by atoms with Crippen molar-refractivity contribution >= 4 is 17.4 Å². The van der Waals surface area contributed by atoms with Crippen LogP contribution in [-0.2, 0) is 0 Å². The third-order valence-corrected chi connectivity index (χ3v) is 5.16. The zero-order chi connectivity index (χ0) is 17.2. The maximum absolute atomic E-state index is 9.08. The van der Waals surface area contributed by atoms with Crippen LogP contribution < -0.4 is 0 Å². The number of rotatable bonds is 4. The number of H-pyrrole nitrogens is 1. The van der Waals surface area contributed by atoms with Crippen molar-refractivity contribution in [2.45, 2.75) is 17.3 Å². The van der Waals surface area contributed by atoms with Crippen molar-refractivity contribution in [2.24, 2.45) is 0 Å². The number of nitrogens with zero attached hydrogens (tertiary/aromatic N) is 4. The molecule has 1 atom stereocenters. The molecule has 25 heavy (non-hydrogen) atoms. The first-order valence-corrected chi connectivity index (χ1v) is 8.72. The summed E-state index contributed by atoms with van der Waals surface area (Å²) in [7, 11) is 0. The van der Waals surface area contributed by atoms with Gasteiger partial charge in [0, 0.05) is 24.8 Å². The van der Waals surface area contributed by atoms with Gasteiger partial charge in [-0.2, -0.15) is 5.26 Å². The smallest absolute Gasteiger partial charge is 0.166 e. The number of fused-ring (bicyclic) bond motifs is 1. The maximum atomic E-state index is 9.08. The van der Waals surface area contributed by atoms with Gasteiger partial charge in [-0.15, -0.1) is 0 Å². The lowest BCUT2D eigenvalue weighted by Gasteiger charge is -2.13. The molecule has 0 spiro atoms. The van der Waals surface area contributed by atoms with Crippen molar-refractivity contribution in [3.63, 3.8) is 0 Å². The molecule has 0 saturated carbocycles.